The molecule has 0 aromatic carbocycles. The molecule has 0 saturated heterocycles. The molecule has 1 aromatic rings. The minimum Gasteiger partial charge on any atom is -0.390 e. The standard InChI is InChI=1S/C23H34N4O2/c1-13(2)25-22-24-12-18(20(27-22)15-5-3-4-6-15)21(28)26-19-16-7-14-8-17(19)11-23(29,9-14)10-16/h12-17,19,29H,3-11H2,1-2H3,(H,26,28)(H,24,25,27)/t14?,16?,17?,19-,23+. The van der Waals surface area contributed by atoms with E-state index in [9.17, 15) is 9.90 Å². The highest BCUT2D eigenvalue weighted by atomic mass is 16.3. The first-order valence-corrected chi connectivity index (χ1v) is 11.6. The van der Waals surface area contributed by atoms with E-state index in [1.807, 2.05) is 0 Å². The van der Waals surface area contributed by atoms with Crippen LogP contribution < -0.4 is 10.6 Å². The van der Waals surface area contributed by atoms with Gasteiger partial charge < -0.3 is 15.7 Å². The highest BCUT2D eigenvalue weighted by molar-refractivity contribution is 5.95. The van der Waals surface area contributed by atoms with Gasteiger partial charge in [0.25, 0.3) is 5.91 Å². The molecule has 6 rings (SSSR count). The average Bonchev–Trinajstić information content (AvgIpc) is 3.17. The topological polar surface area (TPSA) is 87.1 Å². The van der Waals surface area contributed by atoms with Crippen LogP contribution in [-0.2, 0) is 0 Å². The Morgan fingerprint density at radius 1 is 1.17 bits per heavy atom. The number of nitrogens with zero attached hydrogens (tertiary/aromatic N) is 2. The van der Waals surface area contributed by atoms with Gasteiger partial charge in [-0.1, -0.05) is 12.8 Å². The van der Waals surface area contributed by atoms with Crippen LogP contribution in [0.3, 0.4) is 0 Å². The lowest BCUT2D eigenvalue weighted by molar-refractivity contribution is -0.136. The zero-order valence-electron chi connectivity index (χ0n) is 17.7. The van der Waals surface area contributed by atoms with E-state index in [1.165, 1.54) is 12.8 Å². The number of amides is 1. The number of hydrogen-bond acceptors (Lipinski definition) is 5. The third-order valence-electron chi connectivity index (χ3n) is 7.76. The lowest BCUT2D eigenvalue weighted by Gasteiger charge is -2.58. The SMILES string of the molecule is CC(C)Nc1ncc(C(=O)N[C@H]2C3CC4CC2C[C@@](O)(C4)C3)c(C2CCCC2)n1. The third kappa shape index (κ3) is 3.65. The average molecular weight is 399 g/mol. The molecule has 1 heterocycles. The normalized spacial score (nSPS) is 36.0. The van der Waals surface area contributed by atoms with Crippen molar-refractivity contribution in [3.8, 4) is 0 Å². The molecule has 0 aliphatic heterocycles. The molecule has 5 fully saturated rings. The Morgan fingerprint density at radius 2 is 1.86 bits per heavy atom. The molecule has 158 valence electrons. The highest BCUT2D eigenvalue weighted by Gasteiger charge is 2.55. The first-order valence-electron chi connectivity index (χ1n) is 11.6. The third-order valence-corrected chi connectivity index (χ3v) is 7.76. The molecule has 2 unspecified atom stereocenters. The molecule has 2 atom stereocenters. The molecule has 6 nitrogen and oxygen atoms in total. The van der Waals surface area contributed by atoms with Gasteiger partial charge in [0.1, 0.15) is 0 Å². The zero-order chi connectivity index (χ0) is 20.2. The molecule has 1 aromatic heterocycles. The second-order valence-corrected chi connectivity index (χ2v) is 10.5. The Bertz CT molecular complexity index is 773. The number of hydrogen-bond donors (Lipinski definition) is 3. The number of carbonyl (C=O) groups is 1. The maximum absolute atomic E-state index is 13.4. The molecular weight excluding hydrogens is 364 g/mol. The van der Waals surface area contributed by atoms with Crippen molar-refractivity contribution in [2.24, 2.45) is 17.8 Å². The van der Waals surface area contributed by atoms with Crippen LogP contribution in [0.1, 0.15) is 93.6 Å². The molecule has 0 spiro atoms. The van der Waals surface area contributed by atoms with E-state index in [1.54, 1.807) is 6.20 Å². The van der Waals surface area contributed by atoms with Crippen LogP contribution >= 0.6 is 0 Å². The Hall–Kier alpha value is -1.69. The summed E-state index contributed by atoms with van der Waals surface area (Å²) in [6.07, 6.45) is 11.3. The molecule has 5 saturated carbocycles. The summed E-state index contributed by atoms with van der Waals surface area (Å²) in [5.74, 6) is 2.42. The predicted molar refractivity (Wildman–Crippen MR) is 112 cm³/mol. The minimum absolute atomic E-state index is 0.0209. The lowest BCUT2D eigenvalue weighted by atomic mass is 9.52. The van der Waals surface area contributed by atoms with E-state index in [4.69, 9.17) is 4.98 Å². The van der Waals surface area contributed by atoms with E-state index >= 15 is 0 Å². The van der Waals surface area contributed by atoms with Gasteiger partial charge in [0.05, 0.1) is 16.9 Å². The van der Waals surface area contributed by atoms with E-state index in [0.717, 1.165) is 50.6 Å². The van der Waals surface area contributed by atoms with Crippen LogP contribution in [0.4, 0.5) is 5.95 Å². The summed E-state index contributed by atoms with van der Waals surface area (Å²) in [5, 5.41) is 17.5. The molecule has 1 amide bonds. The van der Waals surface area contributed by atoms with Crippen molar-refractivity contribution in [3.63, 3.8) is 0 Å². The smallest absolute Gasteiger partial charge is 0.254 e. The van der Waals surface area contributed by atoms with Crippen molar-refractivity contribution in [1.82, 2.24) is 15.3 Å². The number of carbonyl (C=O) groups excluding carboxylic acids is 1. The molecule has 5 aliphatic carbocycles. The van der Waals surface area contributed by atoms with Crippen molar-refractivity contribution < 1.29 is 9.90 Å². The number of aromatic nitrogens is 2. The zero-order valence-corrected chi connectivity index (χ0v) is 17.7. The maximum Gasteiger partial charge on any atom is 0.254 e. The van der Waals surface area contributed by atoms with Crippen molar-refractivity contribution in [2.45, 2.75) is 95.2 Å². The van der Waals surface area contributed by atoms with Gasteiger partial charge in [-0.05, 0) is 76.5 Å². The van der Waals surface area contributed by atoms with Gasteiger partial charge in [0, 0.05) is 24.2 Å². The van der Waals surface area contributed by atoms with Gasteiger partial charge in [-0.15, -0.1) is 0 Å². The molecule has 0 radical (unpaired) electrons. The first kappa shape index (κ1) is 19.3. The molecule has 6 heteroatoms. The van der Waals surface area contributed by atoms with Crippen molar-refractivity contribution >= 4 is 11.9 Å². The van der Waals surface area contributed by atoms with Gasteiger partial charge in [0.15, 0.2) is 0 Å². The van der Waals surface area contributed by atoms with E-state index < -0.39 is 5.60 Å². The Kier molecular flexibility index (Phi) is 4.80. The predicted octanol–water partition coefficient (Wildman–Crippen LogP) is 3.62. The second kappa shape index (κ2) is 7.22. The first-order chi connectivity index (χ1) is 13.9. The van der Waals surface area contributed by atoms with Gasteiger partial charge >= 0.3 is 0 Å². The molecule has 3 N–H and O–H groups in total. The molecular formula is C23H34N4O2. The number of anilines is 1. The molecule has 4 bridgehead atoms. The van der Waals surface area contributed by atoms with Gasteiger partial charge in [-0.2, -0.15) is 0 Å². The van der Waals surface area contributed by atoms with Crippen LogP contribution in [0.2, 0.25) is 0 Å². The number of nitrogens with one attached hydrogen (secondary N) is 2. The van der Waals surface area contributed by atoms with Crippen molar-refractivity contribution in [2.75, 3.05) is 5.32 Å². The Balaban J connectivity index is 1.38. The van der Waals surface area contributed by atoms with Crippen molar-refractivity contribution in [3.05, 3.63) is 17.5 Å². The monoisotopic (exact) mass is 398 g/mol. The Labute approximate surface area is 173 Å². The summed E-state index contributed by atoms with van der Waals surface area (Å²) < 4.78 is 0. The molecule has 29 heavy (non-hydrogen) atoms. The number of aliphatic hydroxyl groups is 1. The van der Waals surface area contributed by atoms with Crippen LogP contribution in [0.25, 0.3) is 0 Å². The lowest BCUT2D eigenvalue weighted by Crippen LogP contribution is -2.61. The summed E-state index contributed by atoms with van der Waals surface area (Å²) in [5.41, 5.74) is 1.10. The molecule has 5 aliphatic rings. The fraction of sp³-hybridized carbons (Fsp3) is 0.783. The fourth-order valence-electron chi connectivity index (χ4n) is 6.85. The van der Waals surface area contributed by atoms with Gasteiger partial charge in [-0.25, -0.2) is 9.97 Å². The van der Waals surface area contributed by atoms with Crippen LogP contribution in [0, 0.1) is 17.8 Å². The van der Waals surface area contributed by atoms with Crippen LogP contribution in [0.15, 0.2) is 6.20 Å². The number of rotatable bonds is 5. The van der Waals surface area contributed by atoms with Gasteiger partial charge in [0.2, 0.25) is 5.95 Å². The van der Waals surface area contributed by atoms with E-state index in [0.29, 0.717) is 35.2 Å². The Morgan fingerprint density at radius 3 is 2.48 bits per heavy atom. The fourth-order valence-corrected chi connectivity index (χ4v) is 6.85. The minimum atomic E-state index is -0.472. The quantitative estimate of drug-likeness (QED) is 0.705. The van der Waals surface area contributed by atoms with Crippen LogP contribution in [-0.4, -0.2) is 38.7 Å². The summed E-state index contributed by atoms with van der Waals surface area (Å²) >= 11 is 0. The van der Waals surface area contributed by atoms with E-state index in [-0.39, 0.29) is 18.0 Å². The summed E-state index contributed by atoms with van der Waals surface area (Å²) in [4.78, 5) is 22.6. The van der Waals surface area contributed by atoms with E-state index in [2.05, 4.69) is 29.5 Å². The summed E-state index contributed by atoms with van der Waals surface area (Å²) in [6.45, 7) is 4.14. The maximum atomic E-state index is 13.4. The van der Waals surface area contributed by atoms with Crippen LogP contribution in [0.5, 0.6) is 0 Å². The van der Waals surface area contributed by atoms with Crippen molar-refractivity contribution in [1.29, 1.82) is 0 Å². The second-order valence-electron chi connectivity index (χ2n) is 10.5. The summed E-state index contributed by atoms with van der Waals surface area (Å²) in [7, 11) is 0. The largest absolute Gasteiger partial charge is 0.390 e. The van der Waals surface area contributed by atoms with Gasteiger partial charge in [-0.3, -0.25) is 4.79 Å². The summed E-state index contributed by atoms with van der Waals surface area (Å²) in [6, 6.07) is 0.439. The highest BCUT2D eigenvalue weighted by Crippen LogP contribution is 2.55.